The summed E-state index contributed by atoms with van der Waals surface area (Å²) in [6.45, 7) is 0. The van der Waals surface area contributed by atoms with Crippen molar-refractivity contribution in [2.24, 2.45) is 0 Å². The highest BCUT2D eigenvalue weighted by Crippen LogP contribution is 2.35. The SMILES string of the molecule is FC(F)(F)c1ccc(-c2ccccc2)c(Br)c1. The lowest BCUT2D eigenvalue weighted by Crippen LogP contribution is -2.04. The van der Waals surface area contributed by atoms with Crippen molar-refractivity contribution in [3.05, 3.63) is 58.6 Å². The van der Waals surface area contributed by atoms with E-state index < -0.39 is 11.7 Å². The van der Waals surface area contributed by atoms with Gasteiger partial charge in [-0.25, -0.2) is 0 Å². The molecule has 0 unspecified atom stereocenters. The van der Waals surface area contributed by atoms with E-state index in [2.05, 4.69) is 15.9 Å². The van der Waals surface area contributed by atoms with E-state index in [-0.39, 0.29) is 0 Å². The molecule has 0 heterocycles. The van der Waals surface area contributed by atoms with E-state index in [9.17, 15) is 13.2 Å². The van der Waals surface area contributed by atoms with E-state index in [1.165, 1.54) is 6.07 Å². The largest absolute Gasteiger partial charge is 0.416 e. The molecule has 0 aromatic heterocycles. The molecular weight excluding hydrogens is 293 g/mol. The first-order chi connectivity index (χ1) is 7.98. The van der Waals surface area contributed by atoms with E-state index in [0.29, 0.717) is 4.47 Å². The van der Waals surface area contributed by atoms with Crippen LogP contribution in [0.1, 0.15) is 5.56 Å². The minimum Gasteiger partial charge on any atom is -0.166 e. The highest BCUT2D eigenvalue weighted by molar-refractivity contribution is 9.10. The van der Waals surface area contributed by atoms with Crippen molar-refractivity contribution in [3.63, 3.8) is 0 Å². The lowest BCUT2D eigenvalue weighted by atomic mass is 10.0. The number of alkyl halides is 3. The van der Waals surface area contributed by atoms with Crippen molar-refractivity contribution < 1.29 is 13.2 Å². The zero-order chi connectivity index (χ0) is 12.5. The average molecular weight is 301 g/mol. The Kier molecular flexibility index (Phi) is 3.24. The molecule has 0 spiro atoms. The highest BCUT2D eigenvalue weighted by atomic mass is 79.9. The molecule has 0 amide bonds. The van der Waals surface area contributed by atoms with Gasteiger partial charge in [-0.05, 0) is 23.3 Å². The third-order valence-corrected chi connectivity index (χ3v) is 3.04. The van der Waals surface area contributed by atoms with Crippen LogP contribution >= 0.6 is 15.9 Å². The van der Waals surface area contributed by atoms with Crippen LogP contribution in [0.5, 0.6) is 0 Å². The van der Waals surface area contributed by atoms with Gasteiger partial charge in [0.1, 0.15) is 0 Å². The molecule has 0 fully saturated rings. The maximum absolute atomic E-state index is 12.5. The van der Waals surface area contributed by atoms with Crippen molar-refractivity contribution >= 4 is 15.9 Å². The molecule has 0 aliphatic rings. The monoisotopic (exact) mass is 300 g/mol. The zero-order valence-electron chi connectivity index (χ0n) is 8.63. The van der Waals surface area contributed by atoms with Gasteiger partial charge in [0.05, 0.1) is 5.56 Å². The molecule has 2 aromatic rings. The van der Waals surface area contributed by atoms with E-state index in [1.807, 2.05) is 30.3 Å². The Morgan fingerprint density at radius 1 is 0.882 bits per heavy atom. The summed E-state index contributed by atoms with van der Waals surface area (Å²) in [6, 6.07) is 12.9. The van der Waals surface area contributed by atoms with Gasteiger partial charge in [-0.2, -0.15) is 13.2 Å². The summed E-state index contributed by atoms with van der Waals surface area (Å²) in [7, 11) is 0. The molecule has 2 aromatic carbocycles. The van der Waals surface area contributed by atoms with Gasteiger partial charge in [0.25, 0.3) is 0 Å². The highest BCUT2D eigenvalue weighted by Gasteiger charge is 2.30. The minimum absolute atomic E-state index is 0.443. The second-order valence-electron chi connectivity index (χ2n) is 3.56. The predicted molar refractivity (Wildman–Crippen MR) is 64.6 cm³/mol. The molecule has 0 saturated carbocycles. The molecule has 2 rings (SSSR count). The van der Waals surface area contributed by atoms with E-state index >= 15 is 0 Å². The lowest BCUT2D eigenvalue weighted by molar-refractivity contribution is -0.137. The normalized spacial score (nSPS) is 11.5. The smallest absolute Gasteiger partial charge is 0.166 e. The fourth-order valence-corrected chi connectivity index (χ4v) is 2.15. The van der Waals surface area contributed by atoms with Gasteiger partial charge >= 0.3 is 6.18 Å². The first-order valence-corrected chi connectivity index (χ1v) is 5.70. The van der Waals surface area contributed by atoms with E-state index in [1.54, 1.807) is 0 Å². The average Bonchev–Trinajstić information content (AvgIpc) is 2.29. The maximum Gasteiger partial charge on any atom is 0.416 e. The van der Waals surface area contributed by atoms with Crippen LogP contribution in [0.2, 0.25) is 0 Å². The summed E-state index contributed by atoms with van der Waals surface area (Å²) < 4.78 is 37.9. The van der Waals surface area contributed by atoms with Crippen molar-refractivity contribution in [1.82, 2.24) is 0 Å². The fraction of sp³-hybridized carbons (Fsp3) is 0.0769. The Hall–Kier alpha value is -1.29. The number of rotatable bonds is 1. The Bertz CT molecular complexity index is 518. The standard InChI is InChI=1S/C13H8BrF3/c14-12-8-10(13(15,16)17)6-7-11(12)9-4-2-1-3-5-9/h1-8H. The van der Waals surface area contributed by atoms with Gasteiger partial charge in [0, 0.05) is 4.47 Å². The Labute approximate surface area is 105 Å². The molecule has 0 aliphatic carbocycles. The molecule has 88 valence electrons. The van der Waals surface area contributed by atoms with Crippen LogP contribution in [-0.2, 0) is 6.18 Å². The van der Waals surface area contributed by atoms with Crippen LogP contribution in [0, 0.1) is 0 Å². The second kappa shape index (κ2) is 4.53. The van der Waals surface area contributed by atoms with Crippen LogP contribution in [0.15, 0.2) is 53.0 Å². The van der Waals surface area contributed by atoms with Crippen LogP contribution in [0.25, 0.3) is 11.1 Å². The first-order valence-electron chi connectivity index (χ1n) is 4.90. The summed E-state index contributed by atoms with van der Waals surface area (Å²) in [5.74, 6) is 0. The van der Waals surface area contributed by atoms with Crippen LogP contribution in [-0.4, -0.2) is 0 Å². The Morgan fingerprint density at radius 3 is 2.06 bits per heavy atom. The van der Waals surface area contributed by atoms with Crippen LogP contribution in [0.4, 0.5) is 13.2 Å². The molecule has 0 N–H and O–H groups in total. The third kappa shape index (κ3) is 2.69. The lowest BCUT2D eigenvalue weighted by Gasteiger charge is -2.10. The Morgan fingerprint density at radius 2 is 1.53 bits per heavy atom. The van der Waals surface area contributed by atoms with Crippen molar-refractivity contribution in [3.8, 4) is 11.1 Å². The van der Waals surface area contributed by atoms with Crippen molar-refractivity contribution in [2.75, 3.05) is 0 Å². The van der Waals surface area contributed by atoms with Crippen LogP contribution < -0.4 is 0 Å². The van der Waals surface area contributed by atoms with Gasteiger partial charge in [0.15, 0.2) is 0 Å². The molecule has 0 atom stereocenters. The molecule has 0 saturated heterocycles. The summed E-state index contributed by atoms with van der Waals surface area (Å²) in [4.78, 5) is 0. The first kappa shape index (κ1) is 12.2. The topological polar surface area (TPSA) is 0 Å². The van der Waals surface area contributed by atoms with Crippen molar-refractivity contribution in [1.29, 1.82) is 0 Å². The summed E-state index contributed by atoms with van der Waals surface area (Å²) in [5.41, 5.74) is 0.982. The molecule has 0 radical (unpaired) electrons. The van der Waals surface area contributed by atoms with Gasteiger partial charge in [-0.15, -0.1) is 0 Å². The predicted octanol–water partition coefficient (Wildman–Crippen LogP) is 5.13. The zero-order valence-corrected chi connectivity index (χ0v) is 10.2. The molecule has 0 nitrogen and oxygen atoms in total. The number of benzene rings is 2. The Balaban J connectivity index is 2.46. The van der Waals surface area contributed by atoms with Gasteiger partial charge in [0.2, 0.25) is 0 Å². The number of halogens is 4. The van der Waals surface area contributed by atoms with Gasteiger partial charge in [-0.3, -0.25) is 0 Å². The summed E-state index contributed by atoms with van der Waals surface area (Å²) >= 11 is 3.18. The van der Waals surface area contributed by atoms with Crippen LogP contribution in [0.3, 0.4) is 0 Å². The van der Waals surface area contributed by atoms with E-state index in [4.69, 9.17) is 0 Å². The number of hydrogen-bond acceptors (Lipinski definition) is 0. The quantitative estimate of drug-likeness (QED) is 0.684. The summed E-state index contributed by atoms with van der Waals surface area (Å²) in [6.07, 6.45) is -4.31. The number of hydrogen-bond donors (Lipinski definition) is 0. The molecular formula is C13H8BrF3. The fourth-order valence-electron chi connectivity index (χ4n) is 1.54. The molecule has 4 heteroatoms. The molecule has 0 bridgehead atoms. The summed E-state index contributed by atoms with van der Waals surface area (Å²) in [5, 5.41) is 0. The second-order valence-corrected chi connectivity index (χ2v) is 4.41. The third-order valence-electron chi connectivity index (χ3n) is 2.38. The minimum atomic E-state index is -4.31. The maximum atomic E-state index is 12.5. The van der Waals surface area contributed by atoms with Gasteiger partial charge < -0.3 is 0 Å². The molecule has 0 aliphatic heterocycles. The molecule has 17 heavy (non-hydrogen) atoms. The van der Waals surface area contributed by atoms with E-state index in [0.717, 1.165) is 23.3 Å². The van der Waals surface area contributed by atoms with Crippen molar-refractivity contribution in [2.45, 2.75) is 6.18 Å². The van der Waals surface area contributed by atoms with Gasteiger partial charge in [-0.1, -0.05) is 52.3 Å².